The van der Waals surface area contributed by atoms with E-state index in [0.29, 0.717) is 31.9 Å². The third kappa shape index (κ3) is 4.03. The van der Waals surface area contributed by atoms with Crippen LogP contribution in [0.2, 0.25) is 0 Å². The van der Waals surface area contributed by atoms with Gasteiger partial charge >= 0.3 is 0 Å². The molecule has 0 aliphatic carbocycles. The number of nitrogens with one attached hydrogen (secondary N) is 2. The zero-order valence-electron chi connectivity index (χ0n) is 17.8. The predicted molar refractivity (Wildman–Crippen MR) is 120 cm³/mol. The normalized spacial score (nSPS) is 20.0. The van der Waals surface area contributed by atoms with E-state index >= 15 is 0 Å². The molecular weight excluding hydrogens is 416 g/mol. The zero-order valence-corrected chi connectivity index (χ0v) is 18.6. The average molecular weight is 443 g/mol. The first-order valence-electron chi connectivity index (χ1n) is 10.2. The summed E-state index contributed by atoms with van der Waals surface area (Å²) in [6.07, 6.45) is 0. The quantitative estimate of drug-likeness (QED) is 0.711. The minimum atomic E-state index is -3.73. The summed E-state index contributed by atoms with van der Waals surface area (Å²) in [5.74, 6) is -1.74. The lowest BCUT2D eigenvalue weighted by Crippen LogP contribution is -2.48. The van der Waals surface area contributed by atoms with Crippen LogP contribution in [-0.4, -0.2) is 50.7 Å². The number of benzene rings is 2. The van der Waals surface area contributed by atoms with Gasteiger partial charge < -0.3 is 15.5 Å². The minimum Gasteiger partial charge on any atom is -0.369 e. The van der Waals surface area contributed by atoms with Crippen LogP contribution in [0.4, 0.5) is 17.1 Å². The lowest BCUT2D eigenvalue weighted by molar-refractivity contribution is -0.128. The fourth-order valence-electron chi connectivity index (χ4n) is 3.88. The lowest BCUT2D eigenvalue weighted by Gasteiger charge is -2.36. The Bertz CT molecular complexity index is 1150. The van der Waals surface area contributed by atoms with Crippen LogP contribution in [-0.2, 0) is 19.6 Å². The van der Waals surface area contributed by atoms with Crippen molar-refractivity contribution >= 4 is 38.9 Å². The van der Waals surface area contributed by atoms with Crippen LogP contribution in [0.25, 0.3) is 0 Å². The highest BCUT2D eigenvalue weighted by Gasteiger charge is 2.31. The molecule has 9 heteroatoms. The summed E-state index contributed by atoms with van der Waals surface area (Å²) in [7, 11) is -3.73. The summed E-state index contributed by atoms with van der Waals surface area (Å²) in [5.41, 5.74) is 4.15. The smallest absolute Gasteiger partial charge is 0.243 e. The second-order valence-corrected chi connectivity index (χ2v) is 10.0. The largest absolute Gasteiger partial charge is 0.369 e. The molecule has 2 aliphatic rings. The van der Waals surface area contributed by atoms with E-state index < -0.39 is 27.8 Å². The maximum absolute atomic E-state index is 13.2. The molecule has 0 radical (unpaired) electrons. The molecule has 2 amide bonds. The molecule has 2 aromatic rings. The molecule has 1 saturated heterocycles. The molecule has 2 aliphatic heterocycles. The van der Waals surface area contributed by atoms with Gasteiger partial charge in [-0.3, -0.25) is 9.59 Å². The number of rotatable bonds is 3. The Morgan fingerprint density at radius 2 is 1.52 bits per heavy atom. The van der Waals surface area contributed by atoms with Crippen molar-refractivity contribution in [1.29, 1.82) is 0 Å². The van der Waals surface area contributed by atoms with E-state index in [1.165, 1.54) is 40.6 Å². The van der Waals surface area contributed by atoms with Gasteiger partial charge in [-0.25, -0.2) is 8.42 Å². The van der Waals surface area contributed by atoms with Gasteiger partial charge in [-0.2, -0.15) is 4.31 Å². The number of anilines is 3. The van der Waals surface area contributed by atoms with Gasteiger partial charge in [-0.05, 0) is 56.2 Å². The van der Waals surface area contributed by atoms with Crippen molar-refractivity contribution in [1.82, 2.24) is 4.31 Å². The van der Waals surface area contributed by atoms with Gasteiger partial charge in [0.2, 0.25) is 21.8 Å². The Balaban J connectivity index is 1.54. The molecule has 1 fully saturated rings. The number of fused-ring (bicyclic) bond motifs is 1. The van der Waals surface area contributed by atoms with Crippen molar-refractivity contribution in [2.45, 2.75) is 25.7 Å². The number of carbonyl (C=O) groups is 2. The number of nitrogens with zero attached hydrogens (tertiary/aromatic N) is 2. The maximum Gasteiger partial charge on any atom is 0.243 e. The molecule has 8 nitrogen and oxygen atoms in total. The van der Waals surface area contributed by atoms with Gasteiger partial charge in [0.15, 0.2) is 0 Å². The van der Waals surface area contributed by atoms with E-state index in [9.17, 15) is 18.0 Å². The number of sulfonamides is 1. The Morgan fingerprint density at radius 3 is 2.19 bits per heavy atom. The molecule has 0 aromatic heterocycles. The van der Waals surface area contributed by atoms with Crippen LogP contribution in [0.1, 0.15) is 18.1 Å². The Kier molecular flexibility index (Phi) is 5.49. The first kappa shape index (κ1) is 21.3. The summed E-state index contributed by atoms with van der Waals surface area (Å²) in [6, 6.07) is 10.7. The molecule has 0 spiro atoms. The Labute approximate surface area is 182 Å². The summed E-state index contributed by atoms with van der Waals surface area (Å²) in [5, 5.41) is 5.30. The molecule has 0 saturated carbocycles. The third-order valence-corrected chi connectivity index (χ3v) is 7.77. The highest BCUT2D eigenvalue weighted by molar-refractivity contribution is 7.89. The minimum absolute atomic E-state index is 0.0931. The zero-order chi connectivity index (χ0) is 22.3. The molecule has 31 heavy (non-hydrogen) atoms. The van der Waals surface area contributed by atoms with Gasteiger partial charge in [-0.1, -0.05) is 12.1 Å². The molecule has 1 atom stereocenters. The number of piperazine rings is 1. The number of aryl methyl sites for hydroxylation is 2. The van der Waals surface area contributed by atoms with Crippen molar-refractivity contribution < 1.29 is 18.0 Å². The van der Waals surface area contributed by atoms with Crippen LogP contribution in [0.3, 0.4) is 0 Å². The molecule has 2 heterocycles. The van der Waals surface area contributed by atoms with Crippen molar-refractivity contribution in [3.63, 3.8) is 0 Å². The number of carbonyl (C=O) groups excluding carboxylic acids is 2. The van der Waals surface area contributed by atoms with Gasteiger partial charge in [0, 0.05) is 31.9 Å². The molecule has 1 unspecified atom stereocenters. The summed E-state index contributed by atoms with van der Waals surface area (Å²) >= 11 is 0. The van der Waals surface area contributed by atoms with E-state index in [1.54, 1.807) is 0 Å². The second-order valence-electron chi connectivity index (χ2n) is 8.09. The summed E-state index contributed by atoms with van der Waals surface area (Å²) < 4.78 is 27.9. The third-order valence-electron chi connectivity index (χ3n) is 5.88. The molecule has 2 N–H and O–H groups in total. The van der Waals surface area contributed by atoms with Crippen molar-refractivity contribution in [3.8, 4) is 0 Å². The van der Waals surface area contributed by atoms with E-state index in [1.807, 2.05) is 6.92 Å². The van der Waals surface area contributed by atoms with Gasteiger partial charge in [0.1, 0.15) is 5.92 Å². The van der Waals surface area contributed by atoms with Crippen molar-refractivity contribution in [3.05, 3.63) is 47.5 Å². The predicted octanol–water partition coefficient (Wildman–Crippen LogP) is 2.34. The topological polar surface area (TPSA) is 98.8 Å². The van der Waals surface area contributed by atoms with Crippen LogP contribution in [0.15, 0.2) is 41.3 Å². The maximum atomic E-state index is 13.2. The van der Waals surface area contributed by atoms with E-state index in [4.69, 9.17) is 0 Å². The van der Waals surface area contributed by atoms with E-state index in [-0.39, 0.29) is 10.6 Å². The first-order valence-corrected chi connectivity index (χ1v) is 11.7. The van der Waals surface area contributed by atoms with Gasteiger partial charge in [0.05, 0.1) is 16.3 Å². The van der Waals surface area contributed by atoms with Crippen LogP contribution < -0.4 is 15.5 Å². The van der Waals surface area contributed by atoms with Crippen LogP contribution in [0, 0.1) is 19.8 Å². The van der Waals surface area contributed by atoms with Gasteiger partial charge in [-0.15, -0.1) is 0 Å². The van der Waals surface area contributed by atoms with Gasteiger partial charge in [0.25, 0.3) is 0 Å². The number of hydrogen-bond acceptors (Lipinski definition) is 5. The molecule has 0 bridgehead atoms. The summed E-state index contributed by atoms with van der Waals surface area (Å²) in [4.78, 5) is 26.4. The van der Waals surface area contributed by atoms with Crippen LogP contribution in [0.5, 0.6) is 0 Å². The SMILES string of the molecule is Cc1ccc(C)c(N2CCN(S(=O)(=O)c3ccc4c(c3)NC(=O)C(C)C(=O)N4)CC2)c1. The van der Waals surface area contributed by atoms with E-state index in [0.717, 1.165) is 5.69 Å². The number of hydrogen-bond donors (Lipinski definition) is 2. The summed E-state index contributed by atoms with van der Waals surface area (Å²) in [6.45, 7) is 7.53. The highest BCUT2D eigenvalue weighted by atomic mass is 32.2. The fourth-order valence-corrected chi connectivity index (χ4v) is 5.32. The molecule has 4 rings (SSSR count). The van der Waals surface area contributed by atoms with Crippen LogP contribution >= 0.6 is 0 Å². The molecule has 2 aromatic carbocycles. The standard InChI is InChI=1S/C22H26N4O4S/c1-14-4-5-15(2)20(12-14)25-8-10-26(11-9-25)31(29,30)17-6-7-18-19(13-17)24-22(28)16(3)21(27)23-18/h4-7,12-13,16H,8-11H2,1-3H3,(H,23,27)(H,24,28). The number of amides is 2. The molecule has 164 valence electrons. The van der Waals surface area contributed by atoms with E-state index in [2.05, 4.69) is 40.7 Å². The highest BCUT2D eigenvalue weighted by Crippen LogP contribution is 2.31. The lowest BCUT2D eigenvalue weighted by atomic mass is 10.1. The monoisotopic (exact) mass is 442 g/mol. The fraction of sp³-hybridized carbons (Fsp3) is 0.364. The Hall–Kier alpha value is -2.91. The second kappa shape index (κ2) is 7.97. The van der Waals surface area contributed by atoms with Crippen molar-refractivity contribution in [2.75, 3.05) is 41.7 Å². The first-order chi connectivity index (χ1) is 14.7. The Morgan fingerprint density at radius 1 is 0.871 bits per heavy atom. The molecular formula is C22H26N4O4S. The average Bonchev–Trinajstić information content (AvgIpc) is 2.85. The van der Waals surface area contributed by atoms with Crippen molar-refractivity contribution in [2.24, 2.45) is 5.92 Å².